The number of rotatable bonds is 3. The van der Waals surface area contributed by atoms with Gasteiger partial charge in [-0.3, -0.25) is 0 Å². The molecular weight excluding hydrogens is 178 g/mol. The highest BCUT2D eigenvalue weighted by atomic mass is 16.7. The van der Waals surface area contributed by atoms with Crippen molar-refractivity contribution in [2.45, 2.75) is 19.4 Å². The van der Waals surface area contributed by atoms with Crippen LogP contribution < -0.4 is 14.8 Å². The van der Waals surface area contributed by atoms with E-state index in [9.17, 15) is 0 Å². The summed E-state index contributed by atoms with van der Waals surface area (Å²) < 4.78 is 63.4. The summed E-state index contributed by atoms with van der Waals surface area (Å²) in [4.78, 5) is 0. The quantitative estimate of drug-likeness (QED) is 0.803. The first-order valence-corrected chi connectivity index (χ1v) is 4.19. The SMILES string of the molecule is [2H]c1c([2H])c2c(c([2H])c1CC([2H])(C)NC([2H])([2H])[2H])OCO2. The van der Waals surface area contributed by atoms with Gasteiger partial charge in [-0.15, -0.1) is 0 Å². The molecule has 1 aromatic rings. The Morgan fingerprint density at radius 3 is 3.36 bits per heavy atom. The van der Waals surface area contributed by atoms with E-state index >= 15 is 0 Å². The molecular formula is C11H15NO2. The zero-order valence-electron chi connectivity index (χ0n) is 14.7. The van der Waals surface area contributed by atoms with Gasteiger partial charge in [0.1, 0.15) is 0 Å². The van der Waals surface area contributed by atoms with Crippen LogP contribution in [0.15, 0.2) is 18.1 Å². The van der Waals surface area contributed by atoms with Crippen molar-refractivity contribution in [3.05, 3.63) is 23.7 Å². The van der Waals surface area contributed by atoms with Crippen LogP contribution in [-0.4, -0.2) is 19.8 Å². The predicted octanol–water partition coefficient (Wildman–Crippen LogP) is 1.57. The number of nitrogens with one attached hydrogen (secondary N) is 1. The van der Waals surface area contributed by atoms with E-state index in [0.29, 0.717) is 0 Å². The van der Waals surface area contributed by atoms with Crippen LogP contribution in [0.5, 0.6) is 11.5 Å². The monoisotopic (exact) mass is 200 g/mol. The summed E-state index contributed by atoms with van der Waals surface area (Å²) in [6.07, 6.45) is -0.217. The largest absolute Gasteiger partial charge is 0.454 e. The molecule has 0 amide bonds. The van der Waals surface area contributed by atoms with Gasteiger partial charge in [0.05, 0.1) is 4.11 Å². The molecule has 1 aliphatic heterocycles. The summed E-state index contributed by atoms with van der Waals surface area (Å²) in [6.45, 7) is -1.30. The van der Waals surface area contributed by atoms with E-state index in [1.807, 2.05) is 0 Å². The Morgan fingerprint density at radius 1 is 1.64 bits per heavy atom. The minimum absolute atomic E-state index is 0.0456. The molecule has 0 fully saturated rings. The first-order chi connectivity index (χ1) is 9.52. The normalized spacial score (nSPS) is 25.9. The fourth-order valence-corrected chi connectivity index (χ4v) is 1.16. The maximum atomic E-state index is 8.02. The van der Waals surface area contributed by atoms with Gasteiger partial charge in [0.2, 0.25) is 6.79 Å². The highest BCUT2D eigenvalue weighted by molar-refractivity contribution is 5.44. The van der Waals surface area contributed by atoms with Crippen LogP contribution in [0.2, 0.25) is 0 Å². The van der Waals surface area contributed by atoms with E-state index in [-0.39, 0.29) is 48.4 Å². The lowest BCUT2D eigenvalue weighted by Gasteiger charge is -2.09. The van der Waals surface area contributed by atoms with Gasteiger partial charge in [0.25, 0.3) is 0 Å². The fraction of sp³-hybridized carbons (Fsp3) is 0.455. The molecule has 0 radical (unpaired) electrons. The van der Waals surface area contributed by atoms with Crippen LogP contribution >= 0.6 is 0 Å². The zero-order valence-corrected chi connectivity index (χ0v) is 7.73. The Morgan fingerprint density at radius 2 is 2.50 bits per heavy atom. The molecule has 0 spiro atoms. The maximum absolute atomic E-state index is 8.02. The Hall–Kier alpha value is -1.22. The summed E-state index contributed by atoms with van der Waals surface area (Å²) in [7, 11) is 0. The van der Waals surface area contributed by atoms with Gasteiger partial charge in [0.15, 0.2) is 11.5 Å². The second-order valence-corrected chi connectivity index (χ2v) is 3.00. The van der Waals surface area contributed by atoms with E-state index in [0.717, 1.165) is 0 Å². The number of hydrogen-bond donors (Lipinski definition) is 1. The standard InChI is InChI=1S/C11H15NO2/c1-8(12-2)5-9-3-4-10-11(6-9)14-7-13-10/h3-4,6,8,12H,5,7H2,1-2H3/i2D3,3D,4D,6D,8D. The third kappa shape index (κ3) is 1.82. The molecule has 1 unspecified atom stereocenters. The van der Waals surface area contributed by atoms with Crippen LogP contribution in [0.1, 0.15) is 22.1 Å². The molecule has 3 heteroatoms. The minimum Gasteiger partial charge on any atom is -0.454 e. The van der Waals surface area contributed by atoms with Crippen LogP contribution in [-0.2, 0) is 6.42 Å². The van der Waals surface area contributed by atoms with Crippen molar-refractivity contribution >= 4 is 0 Å². The smallest absolute Gasteiger partial charge is 0.231 e. The average Bonchev–Trinajstić information content (AvgIpc) is 2.78. The van der Waals surface area contributed by atoms with E-state index in [1.165, 1.54) is 6.92 Å². The molecule has 0 aliphatic carbocycles. The summed E-state index contributed by atoms with van der Waals surface area (Å²) in [6, 6.07) is -2.24. The van der Waals surface area contributed by atoms with Gasteiger partial charge < -0.3 is 14.8 Å². The lowest BCUT2D eigenvalue weighted by molar-refractivity contribution is 0.174. The first kappa shape index (κ1) is 4.11. The highest BCUT2D eigenvalue weighted by Crippen LogP contribution is 2.32. The third-order valence-corrected chi connectivity index (χ3v) is 1.86. The number of hydrogen-bond acceptors (Lipinski definition) is 3. The lowest BCUT2D eigenvalue weighted by atomic mass is 10.1. The van der Waals surface area contributed by atoms with Gasteiger partial charge in [-0.2, -0.15) is 0 Å². The van der Waals surface area contributed by atoms with Crippen molar-refractivity contribution in [2.24, 2.45) is 0 Å². The van der Waals surface area contributed by atoms with Crippen LogP contribution in [0.4, 0.5) is 0 Å². The molecule has 0 saturated carbocycles. The summed E-state index contributed by atoms with van der Waals surface area (Å²) in [5, 5.41) is 2.15. The summed E-state index contributed by atoms with van der Waals surface area (Å²) in [5.74, 6) is 0.111. The number of ether oxygens (including phenoxy) is 2. The highest BCUT2D eigenvalue weighted by Gasteiger charge is 2.13. The molecule has 0 saturated heterocycles. The second-order valence-electron chi connectivity index (χ2n) is 3.00. The molecule has 1 aliphatic rings. The molecule has 0 aromatic heterocycles. The van der Waals surface area contributed by atoms with Crippen molar-refractivity contribution in [1.82, 2.24) is 5.32 Å². The van der Waals surface area contributed by atoms with Crippen LogP contribution in [0, 0.1) is 0 Å². The van der Waals surface area contributed by atoms with Crippen molar-refractivity contribution < 1.29 is 19.1 Å². The average molecular weight is 200 g/mol. The molecule has 1 N–H and O–H groups in total. The van der Waals surface area contributed by atoms with Crippen molar-refractivity contribution in [1.29, 1.82) is 0 Å². The van der Waals surface area contributed by atoms with Crippen LogP contribution in [0.25, 0.3) is 0 Å². The topological polar surface area (TPSA) is 30.5 Å². The molecule has 0 bridgehead atoms. The molecule has 2 rings (SSSR count). The third-order valence-electron chi connectivity index (χ3n) is 1.86. The van der Waals surface area contributed by atoms with Crippen molar-refractivity contribution in [2.75, 3.05) is 13.8 Å². The number of benzene rings is 1. The molecule has 1 atom stereocenters. The van der Waals surface area contributed by atoms with Gasteiger partial charge >= 0.3 is 0 Å². The molecule has 1 heterocycles. The van der Waals surface area contributed by atoms with Gasteiger partial charge in [-0.25, -0.2) is 0 Å². The Balaban J connectivity index is 2.39. The summed E-state index contributed by atoms with van der Waals surface area (Å²) in [5.41, 5.74) is 0.0819. The maximum Gasteiger partial charge on any atom is 0.231 e. The molecule has 3 nitrogen and oxygen atoms in total. The van der Waals surface area contributed by atoms with E-state index in [4.69, 9.17) is 19.1 Å². The van der Waals surface area contributed by atoms with E-state index in [1.54, 1.807) is 0 Å². The summed E-state index contributed by atoms with van der Waals surface area (Å²) >= 11 is 0. The fourth-order valence-electron chi connectivity index (χ4n) is 1.16. The van der Waals surface area contributed by atoms with Gasteiger partial charge in [-0.05, 0) is 38.0 Å². The first-order valence-electron chi connectivity index (χ1n) is 7.69. The second kappa shape index (κ2) is 3.88. The van der Waals surface area contributed by atoms with E-state index in [2.05, 4.69) is 5.32 Å². The van der Waals surface area contributed by atoms with E-state index < -0.39 is 13.0 Å². The lowest BCUT2D eigenvalue weighted by Crippen LogP contribution is -2.23. The van der Waals surface area contributed by atoms with Crippen molar-refractivity contribution in [3.63, 3.8) is 0 Å². The van der Waals surface area contributed by atoms with Crippen molar-refractivity contribution in [3.8, 4) is 11.5 Å². The number of fused-ring (bicyclic) bond motifs is 1. The molecule has 14 heavy (non-hydrogen) atoms. The van der Waals surface area contributed by atoms with Gasteiger partial charge in [-0.1, -0.05) is 6.04 Å². The molecule has 76 valence electrons. The number of likely N-dealkylation sites (N-methyl/N-ethyl adjacent to an activating group) is 1. The molecule has 1 aromatic carbocycles. The Labute approximate surface area is 93.9 Å². The minimum atomic E-state index is -2.51. The zero-order chi connectivity index (χ0) is 16.0. The predicted molar refractivity (Wildman–Crippen MR) is 54.8 cm³/mol. The Bertz CT molecular complexity index is 571. The Kier molecular flexibility index (Phi) is 1.14. The van der Waals surface area contributed by atoms with Gasteiger partial charge in [0, 0.05) is 11.5 Å². The van der Waals surface area contributed by atoms with Crippen LogP contribution in [0.3, 0.4) is 0 Å².